The number of aliphatic hydroxyl groups excluding tert-OH is 1. The van der Waals surface area contributed by atoms with Crippen LogP contribution in [0.4, 0.5) is 5.69 Å². The van der Waals surface area contributed by atoms with E-state index in [9.17, 15) is 14.7 Å². The molecule has 35 heavy (non-hydrogen) atoms. The van der Waals surface area contributed by atoms with Crippen molar-refractivity contribution in [3.63, 3.8) is 0 Å². The summed E-state index contributed by atoms with van der Waals surface area (Å²) in [5.74, 6) is 0.261. The quantitative estimate of drug-likeness (QED) is 0.421. The van der Waals surface area contributed by atoms with E-state index in [1.165, 1.54) is 16.9 Å². The number of carbonyl (C=O) groups excluding carboxylic acids is 2. The van der Waals surface area contributed by atoms with E-state index < -0.39 is 20.2 Å². The molecule has 2 unspecified atom stereocenters. The van der Waals surface area contributed by atoms with Crippen LogP contribution < -0.4 is 14.4 Å². The number of hydrogen-bond acceptors (Lipinski definition) is 6. The van der Waals surface area contributed by atoms with Gasteiger partial charge in [0, 0.05) is 33.7 Å². The molecule has 8 nitrogen and oxygen atoms in total. The number of rotatable bonds is 9. The second-order valence-corrected chi connectivity index (χ2v) is 15.9. The third-order valence-electron chi connectivity index (χ3n) is 6.35. The number of amides is 2. The van der Waals surface area contributed by atoms with Gasteiger partial charge in [-0.1, -0.05) is 50.0 Å². The molecule has 1 N–H and O–H groups in total. The maximum absolute atomic E-state index is 13.6. The molecule has 188 valence electrons. The lowest BCUT2D eigenvalue weighted by atomic mass is 10.1. The van der Waals surface area contributed by atoms with Gasteiger partial charge in [0.15, 0.2) is 11.5 Å². The maximum atomic E-state index is 13.6. The molecule has 0 radical (unpaired) electrons. The summed E-state index contributed by atoms with van der Waals surface area (Å²) in [5.41, 5.74) is 1.74. The Morgan fingerprint density at radius 2 is 1.83 bits per heavy atom. The third kappa shape index (κ3) is 5.69. The average Bonchev–Trinajstić information content (AvgIpc) is 3.20. The first-order valence-electron chi connectivity index (χ1n) is 11.9. The van der Waals surface area contributed by atoms with Crippen molar-refractivity contribution in [3.8, 4) is 11.5 Å². The lowest BCUT2D eigenvalue weighted by Crippen LogP contribution is -2.45. The highest BCUT2D eigenvalue weighted by molar-refractivity contribution is 6.76. The van der Waals surface area contributed by atoms with E-state index in [0.717, 1.165) is 11.6 Å². The second kappa shape index (κ2) is 10.4. The largest absolute Gasteiger partial charge is 0.493 e. The predicted octanol–water partition coefficient (Wildman–Crippen LogP) is 3.51. The molecular weight excluding hydrogens is 464 g/mol. The highest BCUT2D eigenvalue weighted by Crippen LogP contribution is 2.40. The van der Waals surface area contributed by atoms with Crippen LogP contribution in [-0.2, 0) is 16.1 Å². The fourth-order valence-electron chi connectivity index (χ4n) is 4.34. The number of ether oxygens (including phenoxy) is 3. The molecule has 1 fully saturated rings. The second-order valence-electron chi connectivity index (χ2n) is 10.3. The van der Waals surface area contributed by atoms with Crippen molar-refractivity contribution in [1.82, 2.24) is 4.90 Å². The Balaban J connectivity index is 1.68. The van der Waals surface area contributed by atoms with Gasteiger partial charge in [0.2, 0.25) is 0 Å². The van der Waals surface area contributed by atoms with Gasteiger partial charge in [-0.25, -0.2) is 0 Å². The van der Waals surface area contributed by atoms with E-state index in [1.54, 1.807) is 12.1 Å². The lowest BCUT2D eigenvalue weighted by Gasteiger charge is -2.26. The number of benzene rings is 2. The standard InChI is InChI=1S/C26H34N2O6Si/c1-32-23-13-20-21(14-24(23)34-16-18-8-6-5-7-9-18)28(17-33-10-11-35(2,3)4)26(31)22-12-19(29)15-27(22)25(20)30/h5-9,13-14,19,22,29H,10-12,15-17H2,1-4H3. The minimum atomic E-state index is -1.31. The van der Waals surface area contributed by atoms with Crippen molar-refractivity contribution < 1.29 is 28.9 Å². The van der Waals surface area contributed by atoms with E-state index >= 15 is 0 Å². The molecule has 2 heterocycles. The molecule has 2 aliphatic rings. The van der Waals surface area contributed by atoms with E-state index in [1.807, 2.05) is 30.3 Å². The summed E-state index contributed by atoms with van der Waals surface area (Å²) < 4.78 is 17.5. The van der Waals surface area contributed by atoms with Crippen LogP contribution in [0.5, 0.6) is 11.5 Å². The average molecular weight is 499 g/mol. The Labute approximate surface area is 207 Å². The number of carbonyl (C=O) groups is 2. The first-order valence-corrected chi connectivity index (χ1v) is 15.7. The van der Waals surface area contributed by atoms with Gasteiger partial charge in [-0.3, -0.25) is 14.5 Å². The van der Waals surface area contributed by atoms with Crippen LogP contribution in [-0.4, -0.2) is 69.0 Å². The summed E-state index contributed by atoms with van der Waals surface area (Å²) in [6.07, 6.45) is -0.530. The molecule has 2 aromatic rings. The number of anilines is 1. The summed E-state index contributed by atoms with van der Waals surface area (Å²) in [6.45, 7) is 7.78. The smallest absolute Gasteiger partial charge is 0.256 e. The Morgan fingerprint density at radius 3 is 2.51 bits per heavy atom. The number of aliphatic hydroxyl groups is 1. The first-order chi connectivity index (χ1) is 16.7. The fraction of sp³-hybridized carbons (Fsp3) is 0.462. The first kappa shape index (κ1) is 25.2. The minimum Gasteiger partial charge on any atom is -0.493 e. The van der Waals surface area contributed by atoms with Gasteiger partial charge in [0.1, 0.15) is 19.4 Å². The van der Waals surface area contributed by atoms with Crippen molar-refractivity contribution >= 4 is 25.6 Å². The zero-order valence-electron chi connectivity index (χ0n) is 20.8. The summed E-state index contributed by atoms with van der Waals surface area (Å²) in [4.78, 5) is 30.0. The summed E-state index contributed by atoms with van der Waals surface area (Å²) in [5, 5.41) is 10.2. The van der Waals surface area contributed by atoms with Gasteiger partial charge < -0.3 is 24.2 Å². The Kier molecular flexibility index (Phi) is 7.49. The number of nitrogens with zero attached hydrogens (tertiary/aromatic N) is 2. The Bertz CT molecular complexity index is 1070. The molecule has 0 saturated carbocycles. The van der Waals surface area contributed by atoms with Crippen LogP contribution in [0.15, 0.2) is 42.5 Å². The molecule has 2 atom stereocenters. The van der Waals surface area contributed by atoms with Crippen molar-refractivity contribution in [1.29, 1.82) is 0 Å². The highest BCUT2D eigenvalue weighted by Gasteiger charge is 2.45. The van der Waals surface area contributed by atoms with Crippen LogP contribution in [0.25, 0.3) is 0 Å². The fourth-order valence-corrected chi connectivity index (χ4v) is 5.10. The molecule has 0 aliphatic carbocycles. The summed E-state index contributed by atoms with van der Waals surface area (Å²) >= 11 is 0. The third-order valence-corrected chi connectivity index (χ3v) is 8.05. The van der Waals surface area contributed by atoms with Gasteiger partial charge >= 0.3 is 0 Å². The van der Waals surface area contributed by atoms with Crippen LogP contribution in [0.2, 0.25) is 25.7 Å². The Morgan fingerprint density at radius 1 is 1.09 bits per heavy atom. The zero-order chi connectivity index (χ0) is 25.2. The molecule has 0 aromatic heterocycles. The van der Waals surface area contributed by atoms with Crippen molar-refractivity contribution in [2.24, 2.45) is 0 Å². The zero-order valence-corrected chi connectivity index (χ0v) is 21.8. The number of methoxy groups -OCH3 is 1. The van der Waals surface area contributed by atoms with E-state index in [0.29, 0.717) is 36.0 Å². The molecular formula is C26H34N2O6Si. The molecule has 2 aliphatic heterocycles. The topological polar surface area (TPSA) is 88.5 Å². The molecule has 9 heteroatoms. The number of hydrogen-bond donors (Lipinski definition) is 1. The molecule has 1 saturated heterocycles. The summed E-state index contributed by atoms with van der Waals surface area (Å²) in [6, 6.07) is 13.3. The van der Waals surface area contributed by atoms with Gasteiger partial charge in [0.25, 0.3) is 11.8 Å². The Hall–Kier alpha value is -2.88. The van der Waals surface area contributed by atoms with Crippen molar-refractivity contribution in [2.75, 3.05) is 31.9 Å². The van der Waals surface area contributed by atoms with Crippen molar-refractivity contribution in [3.05, 3.63) is 53.6 Å². The van der Waals surface area contributed by atoms with E-state index in [2.05, 4.69) is 19.6 Å². The molecule has 0 spiro atoms. The normalized spacial score (nSPS) is 19.9. The molecule has 4 rings (SSSR count). The van der Waals surface area contributed by atoms with Crippen molar-refractivity contribution in [2.45, 2.75) is 50.9 Å². The maximum Gasteiger partial charge on any atom is 0.256 e. The van der Waals surface area contributed by atoms with Gasteiger partial charge in [-0.05, 0) is 17.7 Å². The van der Waals surface area contributed by atoms with Crippen LogP contribution in [0, 0.1) is 0 Å². The lowest BCUT2D eigenvalue weighted by molar-refractivity contribution is -0.123. The predicted molar refractivity (Wildman–Crippen MR) is 136 cm³/mol. The van der Waals surface area contributed by atoms with Gasteiger partial charge in [-0.2, -0.15) is 0 Å². The van der Waals surface area contributed by atoms with Gasteiger partial charge in [0.05, 0.1) is 24.5 Å². The molecule has 2 aromatic carbocycles. The highest BCUT2D eigenvalue weighted by atomic mass is 28.3. The van der Waals surface area contributed by atoms with E-state index in [4.69, 9.17) is 14.2 Å². The molecule has 0 bridgehead atoms. The molecule has 2 amide bonds. The van der Waals surface area contributed by atoms with Gasteiger partial charge in [-0.15, -0.1) is 0 Å². The van der Waals surface area contributed by atoms with E-state index in [-0.39, 0.29) is 31.5 Å². The van der Waals surface area contributed by atoms with Crippen LogP contribution in [0.3, 0.4) is 0 Å². The minimum absolute atomic E-state index is 0.0223. The van der Waals surface area contributed by atoms with Crippen LogP contribution in [0.1, 0.15) is 22.3 Å². The summed E-state index contributed by atoms with van der Waals surface area (Å²) in [7, 11) is 0.208. The van der Waals surface area contributed by atoms with Crippen LogP contribution >= 0.6 is 0 Å². The SMILES string of the molecule is COc1cc2c(cc1OCc1ccccc1)N(COCC[Si](C)(C)C)C(=O)C1CC(O)CN1C2=O. The number of fused-ring (bicyclic) bond motifs is 2. The monoisotopic (exact) mass is 498 g/mol.